The summed E-state index contributed by atoms with van der Waals surface area (Å²) in [6.07, 6.45) is -0.850. The molecule has 0 aromatic heterocycles. The highest BCUT2D eigenvalue weighted by molar-refractivity contribution is 5.92. The lowest BCUT2D eigenvalue weighted by Gasteiger charge is -2.42. The highest BCUT2D eigenvalue weighted by atomic mass is 16.7. The topological polar surface area (TPSA) is 371 Å². The Hall–Kier alpha value is -3.33. The van der Waals surface area contributed by atoms with Crippen LogP contribution in [0.5, 0.6) is 0 Å². The number of rotatable bonds is 47. The van der Waals surface area contributed by atoms with Crippen LogP contribution in [0.3, 0.4) is 0 Å². The average Bonchev–Trinajstić information content (AvgIpc) is 3.42. The standard InChI is InChI=1S/C50H94N6O21/c1-4-5-6-7-10-17-53-48(66)36(13-9-12-16-52-41(61)33-72-24-22-68-18-20-70-26-28-74-43-30-38(60)45(63)39(31-57)76-43)56-49(67)37(14-8-11-15-51-3)55-42(62)34-73-25-23-69-19-21-71-27-29-75-50-44(54-35(2)59)47(65)46(64)40(32-58)77-50/h36-40,43-47,50-51,57-58,60,63-65H,4-34H2,1-3H3,(H,52,61)(H,53,66)(H,54,59)(H,55,62)(H,56,67)/t36?,37-,38+,39+,40+,43+,44+,45+,46-,47+,50+/m0/s1. The van der Waals surface area contributed by atoms with Crippen LogP contribution in [0, 0.1) is 0 Å². The van der Waals surface area contributed by atoms with Crippen LogP contribution in [0.4, 0.5) is 0 Å². The van der Waals surface area contributed by atoms with Gasteiger partial charge in [-0.1, -0.05) is 32.6 Å². The Bertz CT molecular complexity index is 1560. The van der Waals surface area contributed by atoms with Gasteiger partial charge in [-0.15, -0.1) is 0 Å². The normalized spacial score (nSPS) is 23.2. The summed E-state index contributed by atoms with van der Waals surface area (Å²) in [5.74, 6) is -2.12. The van der Waals surface area contributed by atoms with Crippen LogP contribution >= 0.6 is 0 Å². The maximum Gasteiger partial charge on any atom is 0.246 e. The van der Waals surface area contributed by atoms with E-state index in [1.54, 1.807) is 0 Å². The lowest BCUT2D eigenvalue weighted by molar-refractivity contribution is -0.272. The summed E-state index contributed by atoms with van der Waals surface area (Å²) in [4.78, 5) is 64.3. The molecule has 450 valence electrons. The fourth-order valence-corrected chi connectivity index (χ4v) is 7.97. The van der Waals surface area contributed by atoms with E-state index < -0.39 is 98.3 Å². The summed E-state index contributed by atoms with van der Waals surface area (Å²) in [6, 6.07) is -2.87. The Balaban J connectivity index is 1.70. The minimum absolute atomic E-state index is 0.00924. The van der Waals surface area contributed by atoms with Gasteiger partial charge in [0.05, 0.1) is 98.6 Å². The van der Waals surface area contributed by atoms with E-state index in [-0.39, 0.29) is 111 Å². The van der Waals surface area contributed by atoms with Crippen LogP contribution in [0.25, 0.3) is 0 Å². The molecule has 2 fully saturated rings. The molecule has 0 radical (unpaired) electrons. The Labute approximate surface area is 453 Å². The van der Waals surface area contributed by atoms with Crippen LogP contribution in [0.15, 0.2) is 0 Å². The Kier molecular flexibility index (Phi) is 40.3. The minimum Gasteiger partial charge on any atom is -0.394 e. The van der Waals surface area contributed by atoms with Crippen molar-refractivity contribution in [1.82, 2.24) is 31.9 Å². The summed E-state index contributed by atoms with van der Waals surface area (Å²) in [5.41, 5.74) is 0. The molecule has 77 heavy (non-hydrogen) atoms. The van der Waals surface area contributed by atoms with Gasteiger partial charge in [0.1, 0.15) is 61.9 Å². The second-order valence-electron chi connectivity index (χ2n) is 18.6. The molecule has 12 N–H and O–H groups in total. The van der Waals surface area contributed by atoms with Crippen LogP contribution in [-0.2, 0) is 71.3 Å². The highest BCUT2D eigenvalue weighted by Gasteiger charge is 2.45. The van der Waals surface area contributed by atoms with Crippen molar-refractivity contribution >= 4 is 29.5 Å². The molecule has 0 saturated carbocycles. The number of aliphatic hydroxyl groups is 6. The molecule has 0 aromatic carbocycles. The van der Waals surface area contributed by atoms with Crippen LogP contribution in [0.1, 0.15) is 90.9 Å². The highest BCUT2D eigenvalue weighted by Crippen LogP contribution is 2.23. The number of hydrogen-bond donors (Lipinski definition) is 12. The van der Waals surface area contributed by atoms with Crippen LogP contribution in [0.2, 0.25) is 0 Å². The van der Waals surface area contributed by atoms with Crippen molar-refractivity contribution in [2.24, 2.45) is 0 Å². The van der Waals surface area contributed by atoms with E-state index in [1.807, 2.05) is 7.05 Å². The maximum absolute atomic E-state index is 13.8. The fraction of sp³-hybridized carbons (Fsp3) is 0.900. The Morgan fingerprint density at radius 3 is 1.64 bits per heavy atom. The zero-order valence-corrected chi connectivity index (χ0v) is 45.6. The van der Waals surface area contributed by atoms with Gasteiger partial charge in [-0.05, 0) is 58.5 Å². The summed E-state index contributed by atoms with van der Waals surface area (Å²) in [5, 5.41) is 75.9. The van der Waals surface area contributed by atoms with E-state index in [2.05, 4.69) is 38.8 Å². The van der Waals surface area contributed by atoms with E-state index in [9.17, 15) is 54.6 Å². The smallest absolute Gasteiger partial charge is 0.246 e. The monoisotopic (exact) mass is 1110 g/mol. The molecular weight excluding hydrogens is 1020 g/mol. The SMILES string of the molecule is CCCCCCCNC(=O)C(CCCCNC(=O)COCCOCCOCCO[C@H]1C[C@@H](O)[C@@H](O)[C@@H](CO)O1)NC(=O)[C@H](CCCCNC)NC(=O)COCCOCCOCCO[C@@H]1O[C@H](CO)[C@H](O)[C@H](O)[C@H]1NC(C)=O. The summed E-state index contributed by atoms with van der Waals surface area (Å²) in [6.45, 7) is 5.48. The summed E-state index contributed by atoms with van der Waals surface area (Å²) in [7, 11) is 1.82. The molecule has 2 aliphatic heterocycles. The number of carbonyl (C=O) groups excluding carboxylic acids is 5. The number of amides is 5. The summed E-state index contributed by atoms with van der Waals surface area (Å²) < 4.78 is 54.9. The molecule has 11 atom stereocenters. The molecule has 27 nitrogen and oxygen atoms in total. The molecule has 0 aliphatic carbocycles. The van der Waals surface area contributed by atoms with Crippen LogP contribution < -0.4 is 31.9 Å². The third-order valence-corrected chi connectivity index (χ3v) is 12.2. The van der Waals surface area contributed by atoms with Gasteiger partial charge < -0.3 is 110 Å². The minimum atomic E-state index is -1.42. The number of ether oxygens (including phenoxy) is 10. The Morgan fingerprint density at radius 2 is 1.05 bits per heavy atom. The third kappa shape index (κ3) is 31.9. The molecule has 2 heterocycles. The third-order valence-electron chi connectivity index (χ3n) is 12.2. The van der Waals surface area contributed by atoms with Gasteiger partial charge >= 0.3 is 0 Å². The molecule has 0 aromatic rings. The molecule has 5 amide bonds. The second-order valence-corrected chi connectivity index (χ2v) is 18.6. The van der Waals surface area contributed by atoms with E-state index in [4.69, 9.17) is 47.4 Å². The van der Waals surface area contributed by atoms with E-state index in [0.29, 0.717) is 51.7 Å². The summed E-state index contributed by atoms with van der Waals surface area (Å²) >= 11 is 0. The largest absolute Gasteiger partial charge is 0.394 e. The number of nitrogens with one attached hydrogen (secondary N) is 6. The van der Waals surface area contributed by atoms with E-state index in [0.717, 1.165) is 38.5 Å². The Morgan fingerprint density at radius 1 is 0.545 bits per heavy atom. The second kappa shape index (κ2) is 44.4. The first kappa shape index (κ1) is 69.8. The van der Waals surface area contributed by atoms with E-state index >= 15 is 0 Å². The van der Waals surface area contributed by atoms with Crippen molar-refractivity contribution in [2.75, 3.05) is 132 Å². The van der Waals surface area contributed by atoms with Gasteiger partial charge in [0.2, 0.25) is 29.5 Å². The number of aliphatic hydroxyl groups excluding tert-OH is 6. The predicted molar refractivity (Wildman–Crippen MR) is 275 cm³/mol. The predicted octanol–water partition coefficient (Wildman–Crippen LogP) is -3.38. The average molecular weight is 1120 g/mol. The molecule has 27 heteroatoms. The first-order valence-electron chi connectivity index (χ1n) is 27.3. The molecular formula is C50H94N6O21. The van der Waals surface area contributed by atoms with Crippen molar-refractivity contribution < 1.29 is 102 Å². The lowest BCUT2D eigenvalue weighted by atomic mass is 9.97. The van der Waals surface area contributed by atoms with E-state index in [1.165, 1.54) is 6.92 Å². The quantitative estimate of drug-likeness (QED) is 0.0265. The fourth-order valence-electron chi connectivity index (χ4n) is 7.97. The molecule has 2 saturated heterocycles. The van der Waals surface area contributed by atoms with Crippen LogP contribution in [-0.4, -0.2) is 260 Å². The van der Waals surface area contributed by atoms with Crippen molar-refractivity contribution in [2.45, 2.75) is 158 Å². The maximum atomic E-state index is 13.8. The molecule has 0 bridgehead atoms. The molecule has 1 unspecified atom stereocenters. The van der Waals surface area contributed by atoms with Gasteiger partial charge in [-0.25, -0.2) is 0 Å². The van der Waals surface area contributed by atoms with Crippen molar-refractivity contribution in [1.29, 1.82) is 0 Å². The van der Waals surface area contributed by atoms with Gasteiger partial charge in [0, 0.05) is 26.4 Å². The molecule has 0 spiro atoms. The van der Waals surface area contributed by atoms with Gasteiger partial charge in [0.15, 0.2) is 12.6 Å². The van der Waals surface area contributed by atoms with Gasteiger partial charge in [-0.2, -0.15) is 0 Å². The molecule has 2 aliphatic rings. The van der Waals surface area contributed by atoms with Crippen molar-refractivity contribution in [3.05, 3.63) is 0 Å². The number of carbonyl (C=O) groups is 5. The van der Waals surface area contributed by atoms with Crippen molar-refractivity contribution in [3.8, 4) is 0 Å². The molecule has 2 rings (SSSR count). The van der Waals surface area contributed by atoms with Gasteiger partial charge in [0.25, 0.3) is 0 Å². The zero-order valence-electron chi connectivity index (χ0n) is 45.6. The van der Waals surface area contributed by atoms with Crippen molar-refractivity contribution in [3.63, 3.8) is 0 Å². The lowest BCUT2D eigenvalue weighted by Crippen LogP contribution is -2.64. The number of hydrogen-bond acceptors (Lipinski definition) is 22. The van der Waals surface area contributed by atoms with Gasteiger partial charge in [-0.3, -0.25) is 24.0 Å². The zero-order chi connectivity index (χ0) is 56.5. The first-order chi connectivity index (χ1) is 37.3. The number of unbranched alkanes of at least 4 members (excludes halogenated alkanes) is 6. The first-order valence-corrected chi connectivity index (χ1v) is 27.3.